The van der Waals surface area contributed by atoms with Crippen LogP contribution in [0.4, 0.5) is 0 Å². The van der Waals surface area contributed by atoms with Gasteiger partial charge in [-0.2, -0.15) is 0 Å². The molecule has 0 bridgehead atoms. The molecule has 1 aromatic carbocycles. The lowest BCUT2D eigenvalue weighted by Crippen LogP contribution is -2.20. The van der Waals surface area contributed by atoms with Crippen LogP contribution in [-0.4, -0.2) is 12.0 Å². The van der Waals surface area contributed by atoms with Crippen LogP contribution < -0.4 is 5.32 Å². The molecule has 1 unspecified atom stereocenters. The van der Waals surface area contributed by atoms with Gasteiger partial charge >= 0.3 is 0 Å². The van der Waals surface area contributed by atoms with Crippen LogP contribution in [0.2, 0.25) is 0 Å². The van der Waals surface area contributed by atoms with Gasteiger partial charge in [-0.15, -0.1) is 0 Å². The summed E-state index contributed by atoms with van der Waals surface area (Å²) in [5.41, 5.74) is 5.10. The maximum absolute atomic E-state index is 4.48. The minimum atomic E-state index is 0.319. The molecule has 0 aliphatic rings. The van der Waals surface area contributed by atoms with E-state index in [1.807, 2.05) is 19.3 Å². The molecule has 0 aliphatic carbocycles. The summed E-state index contributed by atoms with van der Waals surface area (Å²) in [7, 11) is 2.01. The Morgan fingerprint density at radius 1 is 1.06 bits per heavy atom. The van der Waals surface area contributed by atoms with E-state index in [2.05, 4.69) is 54.5 Å². The topological polar surface area (TPSA) is 24.9 Å². The Kier molecular flexibility index (Phi) is 4.11. The van der Waals surface area contributed by atoms with Crippen molar-refractivity contribution in [3.05, 3.63) is 65.0 Å². The van der Waals surface area contributed by atoms with E-state index in [4.69, 9.17) is 0 Å². The van der Waals surface area contributed by atoms with Crippen molar-refractivity contribution in [1.29, 1.82) is 0 Å². The third-order valence-corrected chi connectivity index (χ3v) is 3.43. The van der Waals surface area contributed by atoms with Crippen LogP contribution >= 0.6 is 0 Å². The number of hydrogen-bond acceptors (Lipinski definition) is 2. The van der Waals surface area contributed by atoms with Crippen LogP contribution in [0.5, 0.6) is 0 Å². The highest BCUT2D eigenvalue weighted by Gasteiger charge is 2.13. The summed E-state index contributed by atoms with van der Waals surface area (Å²) < 4.78 is 0. The van der Waals surface area contributed by atoms with Crippen molar-refractivity contribution in [2.45, 2.75) is 26.3 Å². The summed E-state index contributed by atoms with van der Waals surface area (Å²) in [5.74, 6) is 0. The maximum Gasteiger partial charge on any atom is 0.0451 e. The average molecular weight is 240 g/mol. The van der Waals surface area contributed by atoms with Crippen LogP contribution in [-0.2, 0) is 6.42 Å². The van der Waals surface area contributed by atoms with E-state index in [1.54, 1.807) is 0 Å². The first-order valence-corrected chi connectivity index (χ1v) is 6.35. The number of nitrogens with zero attached hydrogens (tertiary/aromatic N) is 1. The van der Waals surface area contributed by atoms with Crippen molar-refractivity contribution in [2.75, 3.05) is 7.05 Å². The molecule has 94 valence electrons. The average Bonchev–Trinajstić information content (AvgIpc) is 2.39. The minimum Gasteiger partial charge on any atom is -0.313 e. The lowest BCUT2D eigenvalue weighted by molar-refractivity contribution is 0.580. The fraction of sp³-hybridized carbons (Fsp3) is 0.312. The highest BCUT2D eigenvalue weighted by Crippen LogP contribution is 2.21. The zero-order valence-corrected chi connectivity index (χ0v) is 11.3. The van der Waals surface area contributed by atoms with Gasteiger partial charge < -0.3 is 5.32 Å². The Balaban J connectivity index is 2.26. The summed E-state index contributed by atoms with van der Waals surface area (Å²) >= 11 is 0. The fourth-order valence-corrected chi connectivity index (χ4v) is 2.27. The lowest BCUT2D eigenvalue weighted by Gasteiger charge is -2.19. The number of pyridine rings is 1. The molecule has 0 saturated carbocycles. The van der Waals surface area contributed by atoms with Crippen LogP contribution in [0.25, 0.3) is 0 Å². The summed E-state index contributed by atoms with van der Waals surface area (Å²) in [6.07, 6.45) is 2.79. The number of nitrogens with one attached hydrogen (secondary N) is 1. The molecular formula is C16H20N2. The fourth-order valence-electron chi connectivity index (χ4n) is 2.27. The maximum atomic E-state index is 4.48. The van der Waals surface area contributed by atoms with Gasteiger partial charge in [0.25, 0.3) is 0 Å². The van der Waals surface area contributed by atoms with Crippen molar-refractivity contribution in [3.63, 3.8) is 0 Å². The molecule has 18 heavy (non-hydrogen) atoms. The number of aryl methyl sites for hydroxylation is 2. The highest BCUT2D eigenvalue weighted by molar-refractivity contribution is 5.30. The lowest BCUT2D eigenvalue weighted by atomic mass is 9.96. The first-order valence-electron chi connectivity index (χ1n) is 6.35. The summed E-state index contributed by atoms with van der Waals surface area (Å²) in [5, 5.41) is 3.39. The summed E-state index contributed by atoms with van der Waals surface area (Å²) in [4.78, 5) is 4.48. The molecule has 0 saturated heterocycles. The van der Waals surface area contributed by atoms with Crippen molar-refractivity contribution >= 4 is 0 Å². The number of rotatable bonds is 4. The van der Waals surface area contributed by atoms with Gasteiger partial charge in [0.1, 0.15) is 0 Å². The molecule has 2 aromatic rings. The monoisotopic (exact) mass is 240 g/mol. The van der Waals surface area contributed by atoms with Crippen molar-refractivity contribution in [3.8, 4) is 0 Å². The standard InChI is InChI=1S/C16H20N2/c1-12-7-4-5-9-14(12)16(17-3)11-15-13(2)8-6-10-18-15/h4-10,16-17H,11H2,1-3H3. The predicted molar refractivity (Wildman–Crippen MR) is 75.7 cm³/mol. The van der Waals surface area contributed by atoms with Crippen LogP contribution in [0.15, 0.2) is 42.6 Å². The Morgan fingerprint density at radius 3 is 2.44 bits per heavy atom. The van der Waals surface area contributed by atoms with E-state index in [-0.39, 0.29) is 0 Å². The SMILES string of the molecule is CNC(Cc1ncccc1C)c1ccccc1C. The molecule has 2 nitrogen and oxygen atoms in total. The van der Waals surface area contributed by atoms with Crippen LogP contribution in [0, 0.1) is 13.8 Å². The van der Waals surface area contributed by atoms with Gasteiger partial charge in [0.05, 0.1) is 0 Å². The first kappa shape index (κ1) is 12.8. The Morgan fingerprint density at radius 2 is 1.78 bits per heavy atom. The van der Waals surface area contributed by atoms with Crippen molar-refractivity contribution in [2.24, 2.45) is 0 Å². The largest absolute Gasteiger partial charge is 0.313 e. The third-order valence-electron chi connectivity index (χ3n) is 3.43. The van der Waals surface area contributed by atoms with Crippen LogP contribution in [0.1, 0.15) is 28.4 Å². The van der Waals surface area contributed by atoms with E-state index in [9.17, 15) is 0 Å². The van der Waals surface area contributed by atoms with Crippen molar-refractivity contribution < 1.29 is 0 Å². The number of benzene rings is 1. The Bertz CT molecular complexity index is 520. The second-order valence-corrected chi connectivity index (χ2v) is 4.67. The van der Waals surface area contributed by atoms with E-state index in [0.717, 1.165) is 6.42 Å². The van der Waals surface area contributed by atoms with Gasteiger partial charge in [-0.3, -0.25) is 4.98 Å². The summed E-state index contributed by atoms with van der Waals surface area (Å²) in [6.45, 7) is 4.28. The number of likely N-dealkylation sites (N-methyl/N-ethyl adjacent to an activating group) is 1. The van der Waals surface area contributed by atoms with Gasteiger partial charge in [-0.25, -0.2) is 0 Å². The molecule has 0 fully saturated rings. The van der Waals surface area contributed by atoms with E-state index in [0.29, 0.717) is 6.04 Å². The molecule has 2 heteroatoms. The molecule has 0 radical (unpaired) electrons. The highest BCUT2D eigenvalue weighted by atomic mass is 14.9. The molecule has 1 atom stereocenters. The molecule has 2 rings (SSSR count). The molecule has 1 aromatic heterocycles. The molecule has 0 aliphatic heterocycles. The molecule has 1 heterocycles. The Labute approximate surface area is 109 Å². The zero-order chi connectivity index (χ0) is 13.0. The predicted octanol–water partition coefficient (Wildman–Crippen LogP) is 3.20. The van der Waals surface area contributed by atoms with Gasteiger partial charge in [-0.1, -0.05) is 30.3 Å². The van der Waals surface area contributed by atoms with E-state index >= 15 is 0 Å². The zero-order valence-electron chi connectivity index (χ0n) is 11.3. The smallest absolute Gasteiger partial charge is 0.0451 e. The number of hydrogen-bond donors (Lipinski definition) is 1. The van der Waals surface area contributed by atoms with Crippen LogP contribution in [0.3, 0.4) is 0 Å². The molecule has 0 amide bonds. The molecule has 1 N–H and O–H groups in total. The second kappa shape index (κ2) is 5.78. The normalized spacial score (nSPS) is 12.4. The minimum absolute atomic E-state index is 0.319. The molecule has 0 spiro atoms. The Hall–Kier alpha value is -1.67. The number of aromatic nitrogens is 1. The first-order chi connectivity index (χ1) is 8.72. The quantitative estimate of drug-likeness (QED) is 0.887. The second-order valence-electron chi connectivity index (χ2n) is 4.67. The third kappa shape index (κ3) is 2.77. The van der Waals surface area contributed by atoms with Gasteiger partial charge in [0.15, 0.2) is 0 Å². The summed E-state index contributed by atoms with van der Waals surface area (Å²) in [6, 6.07) is 12.9. The molecular weight excluding hydrogens is 220 g/mol. The van der Waals surface area contributed by atoms with Crippen molar-refractivity contribution in [1.82, 2.24) is 10.3 Å². The van der Waals surface area contributed by atoms with E-state index < -0.39 is 0 Å². The van der Waals surface area contributed by atoms with Gasteiger partial charge in [0.2, 0.25) is 0 Å². The van der Waals surface area contributed by atoms with E-state index in [1.165, 1.54) is 22.4 Å². The van der Waals surface area contributed by atoms with Gasteiger partial charge in [-0.05, 0) is 43.7 Å². The van der Waals surface area contributed by atoms with Gasteiger partial charge in [0, 0.05) is 24.4 Å².